The Morgan fingerprint density at radius 1 is 1.40 bits per heavy atom. The van der Waals surface area contributed by atoms with E-state index in [0.29, 0.717) is 18.1 Å². The van der Waals surface area contributed by atoms with E-state index in [-0.39, 0.29) is 0 Å². The molecule has 0 bridgehead atoms. The molecule has 1 heterocycles. The van der Waals surface area contributed by atoms with Crippen LogP contribution in [0.25, 0.3) is 0 Å². The average Bonchev–Trinajstić information content (AvgIpc) is 2.80. The van der Waals surface area contributed by atoms with Gasteiger partial charge in [-0.1, -0.05) is 18.2 Å². The lowest BCUT2D eigenvalue weighted by Gasteiger charge is -2.06. The van der Waals surface area contributed by atoms with Gasteiger partial charge in [-0.25, -0.2) is 9.79 Å². The zero-order valence-electron chi connectivity index (χ0n) is 8.06. The van der Waals surface area contributed by atoms with E-state index in [9.17, 15) is 4.79 Å². The largest absolute Gasteiger partial charge is 0.362 e. The van der Waals surface area contributed by atoms with Crippen molar-refractivity contribution >= 4 is 11.9 Å². The molecule has 0 radical (unpaired) electrons. The van der Waals surface area contributed by atoms with Crippen LogP contribution >= 0.6 is 0 Å². The minimum Gasteiger partial charge on any atom is -0.352 e. The number of guanidine groups is 1. The van der Waals surface area contributed by atoms with Crippen molar-refractivity contribution in [2.45, 2.75) is 0 Å². The first kappa shape index (κ1) is 9.51. The minimum atomic E-state index is -0.424. The first-order valence-electron chi connectivity index (χ1n) is 4.67. The topological polar surface area (TPSA) is 62.7 Å². The van der Waals surface area contributed by atoms with Crippen LogP contribution in [-0.4, -0.2) is 25.0 Å². The van der Waals surface area contributed by atoms with Crippen LogP contribution in [0, 0.1) is 0 Å². The fraction of sp³-hybridized carbons (Fsp3) is 0.200. The zero-order valence-corrected chi connectivity index (χ0v) is 8.06. The van der Waals surface area contributed by atoms with E-state index in [1.807, 2.05) is 6.07 Å². The van der Waals surface area contributed by atoms with Crippen LogP contribution in [0.2, 0.25) is 0 Å². The van der Waals surface area contributed by atoms with Crippen molar-refractivity contribution in [3.05, 3.63) is 35.9 Å². The first-order valence-corrected chi connectivity index (χ1v) is 4.67. The van der Waals surface area contributed by atoms with E-state index in [1.165, 1.54) is 0 Å². The fourth-order valence-corrected chi connectivity index (χ4v) is 1.19. The number of benzene rings is 1. The molecule has 5 heteroatoms. The van der Waals surface area contributed by atoms with Crippen LogP contribution in [0.3, 0.4) is 0 Å². The summed E-state index contributed by atoms with van der Waals surface area (Å²) in [6.07, 6.45) is 0. The molecule has 1 aromatic rings. The van der Waals surface area contributed by atoms with Gasteiger partial charge in [0, 0.05) is 6.54 Å². The number of nitrogens with zero attached hydrogens (tertiary/aromatic N) is 1. The molecule has 0 fully saturated rings. The summed E-state index contributed by atoms with van der Waals surface area (Å²) in [5.41, 5.74) is 2.97. The second-order valence-corrected chi connectivity index (χ2v) is 3.01. The smallest absolute Gasteiger partial charge is 0.352 e. The molecule has 2 rings (SSSR count). The van der Waals surface area contributed by atoms with E-state index in [4.69, 9.17) is 4.84 Å². The predicted molar refractivity (Wildman–Crippen MR) is 55.3 cm³/mol. The van der Waals surface area contributed by atoms with Crippen molar-refractivity contribution < 1.29 is 9.63 Å². The second kappa shape index (κ2) is 4.45. The molecule has 0 aromatic heterocycles. The SMILES string of the molecule is O=C(ONC1=NCCN1)c1ccccc1. The first-order chi connectivity index (χ1) is 7.36. The van der Waals surface area contributed by atoms with Gasteiger partial charge in [-0.2, -0.15) is 5.48 Å². The number of hydrogen-bond donors (Lipinski definition) is 2. The third-order valence-electron chi connectivity index (χ3n) is 1.92. The maximum absolute atomic E-state index is 11.4. The van der Waals surface area contributed by atoms with Crippen molar-refractivity contribution in [2.24, 2.45) is 4.99 Å². The molecule has 0 aliphatic carbocycles. The molecule has 15 heavy (non-hydrogen) atoms. The maximum atomic E-state index is 11.4. The monoisotopic (exact) mass is 205 g/mol. The van der Waals surface area contributed by atoms with Gasteiger partial charge in [-0.3, -0.25) is 0 Å². The van der Waals surface area contributed by atoms with Gasteiger partial charge < -0.3 is 10.2 Å². The highest BCUT2D eigenvalue weighted by atomic mass is 16.7. The summed E-state index contributed by atoms with van der Waals surface area (Å²) in [7, 11) is 0. The van der Waals surface area contributed by atoms with Crippen molar-refractivity contribution in [1.82, 2.24) is 10.8 Å². The number of nitrogens with one attached hydrogen (secondary N) is 2. The summed E-state index contributed by atoms with van der Waals surface area (Å²) in [5.74, 6) is 0.0753. The lowest BCUT2D eigenvalue weighted by molar-refractivity contribution is 0.0381. The summed E-state index contributed by atoms with van der Waals surface area (Å²) in [6, 6.07) is 8.78. The number of hydrogen-bond acceptors (Lipinski definition) is 5. The Hall–Kier alpha value is -2.04. The average molecular weight is 205 g/mol. The van der Waals surface area contributed by atoms with E-state index in [1.54, 1.807) is 24.3 Å². The van der Waals surface area contributed by atoms with Gasteiger partial charge >= 0.3 is 5.97 Å². The van der Waals surface area contributed by atoms with Crippen molar-refractivity contribution in [3.63, 3.8) is 0 Å². The Morgan fingerprint density at radius 3 is 2.87 bits per heavy atom. The second-order valence-electron chi connectivity index (χ2n) is 3.01. The highest BCUT2D eigenvalue weighted by molar-refractivity contribution is 5.90. The highest BCUT2D eigenvalue weighted by Gasteiger charge is 2.09. The van der Waals surface area contributed by atoms with E-state index in [2.05, 4.69) is 15.8 Å². The summed E-state index contributed by atoms with van der Waals surface area (Å²) in [4.78, 5) is 20.3. The Kier molecular flexibility index (Phi) is 2.82. The lowest BCUT2D eigenvalue weighted by Crippen LogP contribution is -2.35. The summed E-state index contributed by atoms with van der Waals surface area (Å²) in [6.45, 7) is 1.47. The normalized spacial score (nSPS) is 14.0. The Balaban J connectivity index is 1.87. The van der Waals surface area contributed by atoms with E-state index >= 15 is 0 Å². The molecule has 1 aliphatic heterocycles. The summed E-state index contributed by atoms with van der Waals surface area (Å²) < 4.78 is 0. The van der Waals surface area contributed by atoms with Gasteiger partial charge in [0.15, 0.2) is 0 Å². The summed E-state index contributed by atoms with van der Waals surface area (Å²) >= 11 is 0. The Bertz CT molecular complexity index is 376. The van der Waals surface area contributed by atoms with Crippen molar-refractivity contribution in [3.8, 4) is 0 Å². The van der Waals surface area contributed by atoms with Crippen LogP contribution < -0.4 is 10.8 Å². The minimum absolute atomic E-state index is 0.424. The molecule has 0 amide bonds. The van der Waals surface area contributed by atoms with Gasteiger partial charge in [0.2, 0.25) is 5.96 Å². The van der Waals surface area contributed by atoms with Crippen LogP contribution in [0.1, 0.15) is 10.4 Å². The van der Waals surface area contributed by atoms with Crippen LogP contribution in [0.4, 0.5) is 0 Å². The molecule has 0 atom stereocenters. The Morgan fingerprint density at radius 2 is 2.20 bits per heavy atom. The van der Waals surface area contributed by atoms with Crippen LogP contribution in [-0.2, 0) is 4.84 Å². The quantitative estimate of drug-likeness (QED) is 0.647. The van der Waals surface area contributed by atoms with Crippen molar-refractivity contribution in [1.29, 1.82) is 0 Å². The molecule has 0 saturated carbocycles. The van der Waals surface area contributed by atoms with Gasteiger partial charge in [0.25, 0.3) is 0 Å². The van der Waals surface area contributed by atoms with Crippen LogP contribution in [0.15, 0.2) is 35.3 Å². The molecule has 2 N–H and O–H groups in total. The molecule has 0 unspecified atom stereocenters. The van der Waals surface area contributed by atoms with Crippen molar-refractivity contribution in [2.75, 3.05) is 13.1 Å². The molecule has 1 aromatic carbocycles. The Labute approximate surface area is 87.1 Å². The molecule has 1 aliphatic rings. The standard InChI is InChI=1S/C10H11N3O2/c14-9(8-4-2-1-3-5-8)15-13-10-11-6-7-12-10/h1-5H,6-7H2,(H2,11,12,13). The number of aliphatic imine (C=N–C) groups is 1. The third kappa shape index (κ3) is 2.46. The predicted octanol–water partition coefficient (Wildman–Crippen LogP) is 0.307. The zero-order chi connectivity index (χ0) is 10.5. The molecular formula is C10H11N3O2. The van der Waals surface area contributed by atoms with E-state index in [0.717, 1.165) is 6.54 Å². The number of rotatable bonds is 1. The van der Waals surface area contributed by atoms with E-state index < -0.39 is 5.97 Å². The highest BCUT2D eigenvalue weighted by Crippen LogP contribution is 1.99. The summed E-state index contributed by atoms with van der Waals surface area (Å²) in [5, 5.41) is 2.93. The third-order valence-corrected chi connectivity index (χ3v) is 1.92. The van der Waals surface area contributed by atoms with Gasteiger partial charge in [0.1, 0.15) is 0 Å². The van der Waals surface area contributed by atoms with Gasteiger partial charge in [0.05, 0.1) is 12.1 Å². The molecule has 78 valence electrons. The lowest BCUT2D eigenvalue weighted by atomic mass is 10.2. The van der Waals surface area contributed by atoms with Crippen LogP contribution in [0.5, 0.6) is 0 Å². The fourth-order valence-electron chi connectivity index (χ4n) is 1.19. The maximum Gasteiger partial charge on any atom is 0.362 e. The number of carbonyl (C=O) groups is 1. The number of hydroxylamine groups is 1. The molecular weight excluding hydrogens is 194 g/mol. The molecule has 5 nitrogen and oxygen atoms in total. The molecule has 0 spiro atoms. The number of carbonyl (C=O) groups excluding carboxylic acids is 1. The van der Waals surface area contributed by atoms with Gasteiger partial charge in [-0.05, 0) is 12.1 Å². The molecule has 0 saturated heterocycles. The van der Waals surface area contributed by atoms with Gasteiger partial charge in [-0.15, -0.1) is 0 Å².